The maximum atomic E-state index is 13.1. The highest BCUT2D eigenvalue weighted by Gasteiger charge is 2.13. The summed E-state index contributed by atoms with van der Waals surface area (Å²) in [5.74, 6) is 0.0766. The number of halogens is 2. The molecule has 0 radical (unpaired) electrons. The molecule has 0 unspecified atom stereocenters. The lowest BCUT2D eigenvalue weighted by Gasteiger charge is -2.15. The summed E-state index contributed by atoms with van der Waals surface area (Å²) in [6, 6.07) is 4.57. The first-order valence-electron chi connectivity index (χ1n) is 4.72. The van der Waals surface area contributed by atoms with Crippen molar-refractivity contribution in [1.82, 2.24) is 0 Å². The third-order valence-corrected chi connectivity index (χ3v) is 2.51. The minimum absolute atomic E-state index is 0.153. The van der Waals surface area contributed by atoms with Gasteiger partial charge >= 0.3 is 0 Å². The van der Waals surface area contributed by atoms with Crippen molar-refractivity contribution in [2.75, 3.05) is 0 Å². The van der Waals surface area contributed by atoms with Crippen molar-refractivity contribution < 1.29 is 4.39 Å². The molecule has 1 atom stereocenters. The SMILES string of the molecule is CC(C)C[C@@H](N)c1cccc(F)c1Cl. The van der Waals surface area contributed by atoms with Crippen molar-refractivity contribution in [3.8, 4) is 0 Å². The van der Waals surface area contributed by atoms with E-state index in [0.29, 0.717) is 11.5 Å². The van der Waals surface area contributed by atoms with Gasteiger partial charge < -0.3 is 5.73 Å². The summed E-state index contributed by atoms with van der Waals surface area (Å²) in [6.07, 6.45) is 0.809. The lowest BCUT2D eigenvalue weighted by Crippen LogP contribution is -2.13. The first-order chi connectivity index (χ1) is 6.52. The lowest BCUT2D eigenvalue weighted by molar-refractivity contribution is 0.507. The second-order valence-corrected chi connectivity index (χ2v) is 4.26. The van der Waals surface area contributed by atoms with Crippen molar-refractivity contribution in [2.24, 2.45) is 11.7 Å². The van der Waals surface area contributed by atoms with Crippen LogP contribution in [0.4, 0.5) is 4.39 Å². The van der Waals surface area contributed by atoms with Gasteiger partial charge in [0.05, 0.1) is 5.02 Å². The van der Waals surface area contributed by atoms with Crippen LogP contribution in [0.2, 0.25) is 5.02 Å². The monoisotopic (exact) mass is 215 g/mol. The molecule has 0 bridgehead atoms. The Morgan fingerprint density at radius 3 is 2.64 bits per heavy atom. The molecule has 0 amide bonds. The molecule has 1 aromatic carbocycles. The molecule has 0 saturated carbocycles. The van der Waals surface area contributed by atoms with Gasteiger partial charge in [0.2, 0.25) is 0 Å². The van der Waals surface area contributed by atoms with Gasteiger partial charge in [0.15, 0.2) is 0 Å². The summed E-state index contributed by atoms with van der Waals surface area (Å²) < 4.78 is 13.1. The predicted molar refractivity (Wildman–Crippen MR) is 57.8 cm³/mol. The Hall–Kier alpha value is -0.600. The average molecular weight is 216 g/mol. The van der Waals surface area contributed by atoms with Crippen LogP contribution in [0.1, 0.15) is 31.9 Å². The first-order valence-corrected chi connectivity index (χ1v) is 5.09. The topological polar surface area (TPSA) is 26.0 Å². The molecule has 0 aromatic heterocycles. The van der Waals surface area contributed by atoms with Gasteiger partial charge in [-0.05, 0) is 24.0 Å². The van der Waals surface area contributed by atoms with Crippen molar-refractivity contribution >= 4 is 11.6 Å². The zero-order valence-corrected chi connectivity index (χ0v) is 9.18. The second-order valence-electron chi connectivity index (χ2n) is 3.88. The molecule has 2 N–H and O–H groups in total. The Bertz CT molecular complexity index is 312. The quantitative estimate of drug-likeness (QED) is 0.820. The van der Waals surface area contributed by atoms with Gasteiger partial charge in [-0.2, -0.15) is 0 Å². The molecule has 1 rings (SSSR count). The van der Waals surface area contributed by atoms with E-state index in [1.54, 1.807) is 12.1 Å². The van der Waals surface area contributed by atoms with Gasteiger partial charge in [-0.25, -0.2) is 4.39 Å². The standard InChI is InChI=1S/C11H15ClFN/c1-7(2)6-10(14)8-4-3-5-9(13)11(8)12/h3-5,7,10H,6,14H2,1-2H3/t10-/m1/s1. The van der Waals surface area contributed by atoms with Crippen LogP contribution in [-0.4, -0.2) is 0 Å². The fraction of sp³-hybridized carbons (Fsp3) is 0.455. The zero-order chi connectivity index (χ0) is 10.7. The van der Waals surface area contributed by atoms with Crippen LogP contribution < -0.4 is 5.73 Å². The maximum Gasteiger partial charge on any atom is 0.142 e. The highest BCUT2D eigenvalue weighted by Crippen LogP contribution is 2.27. The highest BCUT2D eigenvalue weighted by atomic mass is 35.5. The van der Waals surface area contributed by atoms with E-state index < -0.39 is 5.82 Å². The third kappa shape index (κ3) is 2.69. The van der Waals surface area contributed by atoms with Gasteiger partial charge in [0.25, 0.3) is 0 Å². The molecule has 0 saturated heterocycles. The van der Waals surface area contributed by atoms with Crippen LogP contribution in [-0.2, 0) is 0 Å². The Labute approximate surface area is 89.1 Å². The molecule has 3 heteroatoms. The number of nitrogens with two attached hydrogens (primary N) is 1. The maximum absolute atomic E-state index is 13.1. The predicted octanol–water partition coefficient (Wildman–Crippen LogP) is 3.53. The van der Waals surface area contributed by atoms with Gasteiger partial charge in [0, 0.05) is 6.04 Å². The van der Waals surface area contributed by atoms with E-state index in [0.717, 1.165) is 6.42 Å². The van der Waals surface area contributed by atoms with Crippen LogP contribution in [0.5, 0.6) is 0 Å². The summed E-state index contributed by atoms with van der Waals surface area (Å²) in [5.41, 5.74) is 6.61. The second kappa shape index (κ2) is 4.76. The molecule has 1 aromatic rings. The van der Waals surface area contributed by atoms with Crippen LogP contribution in [0.3, 0.4) is 0 Å². The Kier molecular flexibility index (Phi) is 3.90. The van der Waals surface area contributed by atoms with E-state index in [-0.39, 0.29) is 11.1 Å². The van der Waals surface area contributed by atoms with E-state index >= 15 is 0 Å². The average Bonchev–Trinajstić information content (AvgIpc) is 2.08. The number of hydrogen-bond donors (Lipinski definition) is 1. The van der Waals surface area contributed by atoms with E-state index in [2.05, 4.69) is 13.8 Å². The van der Waals surface area contributed by atoms with Crippen LogP contribution in [0.25, 0.3) is 0 Å². The van der Waals surface area contributed by atoms with Crippen molar-refractivity contribution in [3.63, 3.8) is 0 Å². The fourth-order valence-corrected chi connectivity index (χ4v) is 1.71. The molecule has 1 nitrogen and oxygen atoms in total. The molecular formula is C11H15ClFN. The minimum atomic E-state index is -0.400. The highest BCUT2D eigenvalue weighted by molar-refractivity contribution is 6.31. The van der Waals surface area contributed by atoms with Crippen molar-refractivity contribution in [3.05, 3.63) is 34.6 Å². The third-order valence-electron chi connectivity index (χ3n) is 2.11. The molecule has 0 aliphatic carbocycles. The smallest absolute Gasteiger partial charge is 0.142 e. The summed E-state index contributed by atoms with van der Waals surface area (Å²) in [4.78, 5) is 0. The van der Waals surface area contributed by atoms with E-state index in [1.165, 1.54) is 6.07 Å². The van der Waals surface area contributed by atoms with Crippen molar-refractivity contribution in [1.29, 1.82) is 0 Å². The number of benzene rings is 1. The van der Waals surface area contributed by atoms with E-state index in [9.17, 15) is 4.39 Å². The Morgan fingerprint density at radius 2 is 2.07 bits per heavy atom. The summed E-state index contributed by atoms with van der Waals surface area (Å²) in [7, 11) is 0. The van der Waals surface area contributed by atoms with E-state index in [1.807, 2.05) is 0 Å². The van der Waals surface area contributed by atoms with Crippen LogP contribution in [0.15, 0.2) is 18.2 Å². The molecule has 0 aliphatic rings. The molecule has 0 heterocycles. The Morgan fingerprint density at radius 1 is 1.43 bits per heavy atom. The lowest BCUT2D eigenvalue weighted by atomic mass is 9.98. The molecule has 14 heavy (non-hydrogen) atoms. The summed E-state index contributed by atoms with van der Waals surface area (Å²) >= 11 is 5.82. The van der Waals surface area contributed by atoms with Gasteiger partial charge in [-0.1, -0.05) is 37.6 Å². The molecular weight excluding hydrogens is 201 g/mol. The normalized spacial score (nSPS) is 13.3. The fourth-order valence-electron chi connectivity index (χ4n) is 1.44. The van der Waals surface area contributed by atoms with Gasteiger partial charge in [-0.3, -0.25) is 0 Å². The van der Waals surface area contributed by atoms with Crippen LogP contribution >= 0.6 is 11.6 Å². The minimum Gasteiger partial charge on any atom is -0.324 e. The number of rotatable bonds is 3. The molecule has 0 aliphatic heterocycles. The molecule has 0 fully saturated rings. The van der Waals surface area contributed by atoms with Gasteiger partial charge in [0.1, 0.15) is 5.82 Å². The van der Waals surface area contributed by atoms with Crippen LogP contribution in [0, 0.1) is 11.7 Å². The largest absolute Gasteiger partial charge is 0.324 e. The van der Waals surface area contributed by atoms with Crippen molar-refractivity contribution in [2.45, 2.75) is 26.3 Å². The summed E-state index contributed by atoms with van der Waals surface area (Å²) in [6.45, 7) is 4.15. The molecule has 78 valence electrons. The van der Waals surface area contributed by atoms with Gasteiger partial charge in [-0.15, -0.1) is 0 Å². The first kappa shape index (κ1) is 11.5. The number of hydrogen-bond acceptors (Lipinski definition) is 1. The van der Waals surface area contributed by atoms with E-state index in [4.69, 9.17) is 17.3 Å². The summed E-state index contributed by atoms with van der Waals surface area (Å²) in [5, 5.41) is 0.153. The Balaban J connectivity index is 2.89. The molecule has 0 spiro atoms. The zero-order valence-electron chi connectivity index (χ0n) is 8.43.